The first-order valence-electron chi connectivity index (χ1n) is 17.6. The van der Waals surface area contributed by atoms with Crippen molar-refractivity contribution in [3.8, 4) is 0 Å². The van der Waals surface area contributed by atoms with Crippen molar-refractivity contribution < 1.29 is 0 Å². The van der Waals surface area contributed by atoms with Gasteiger partial charge in [0, 0.05) is 4.90 Å². The Kier molecular flexibility index (Phi) is 16.9. The molecule has 37 heavy (non-hydrogen) atoms. The first-order valence-corrected chi connectivity index (χ1v) is 20.7. The standard InChI is InChI=1S/C35H70P2/c1-7-13-17-25-33(26-18-14-8-2)29-21-31-36(33)35(23-11-5,24-12-6)37-32-22-30-34(37,27-19-15-9-3)28-20-16-10-4/h7-32H2,1-6H3. The van der Waals surface area contributed by atoms with Crippen LogP contribution in [0.1, 0.15) is 196 Å². The molecule has 2 aliphatic rings. The quantitative estimate of drug-likeness (QED) is 0.0925. The number of unbranched alkanes of at least 4 members (excludes halogenated alkanes) is 8. The molecule has 0 aromatic heterocycles. The van der Waals surface area contributed by atoms with Crippen molar-refractivity contribution in [1.82, 2.24) is 0 Å². The molecule has 2 heterocycles. The lowest BCUT2D eigenvalue weighted by molar-refractivity contribution is 0.419. The van der Waals surface area contributed by atoms with E-state index >= 15 is 0 Å². The highest BCUT2D eigenvalue weighted by atomic mass is 31.2. The third-order valence-corrected chi connectivity index (χ3v) is 20.0. The second-order valence-corrected chi connectivity index (χ2v) is 19.8. The minimum absolute atomic E-state index is 0.137. The largest absolute Gasteiger partial charge is 0.0895 e. The lowest BCUT2D eigenvalue weighted by Gasteiger charge is -2.57. The van der Waals surface area contributed by atoms with E-state index in [9.17, 15) is 0 Å². The van der Waals surface area contributed by atoms with Crippen molar-refractivity contribution in [2.45, 2.75) is 211 Å². The molecule has 220 valence electrons. The van der Waals surface area contributed by atoms with E-state index in [1.807, 2.05) is 0 Å². The van der Waals surface area contributed by atoms with Crippen molar-refractivity contribution in [3.63, 3.8) is 0 Å². The monoisotopic (exact) mass is 552 g/mol. The van der Waals surface area contributed by atoms with Gasteiger partial charge in [-0.2, -0.15) is 0 Å². The van der Waals surface area contributed by atoms with Crippen LogP contribution in [0.4, 0.5) is 0 Å². The highest BCUT2D eigenvalue weighted by molar-refractivity contribution is 7.79. The Morgan fingerprint density at radius 1 is 0.459 bits per heavy atom. The molecule has 0 aliphatic carbocycles. The number of hydrogen-bond donors (Lipinski definition) is 0. The summed E-state index contributed by atoms with van der Waals surface area (Å²) in [4.78, 5) is 0.748. The van der Waals surface area contributed by atoms with E-state index in [0.717, 1.165) is 15.2 Å². The van der Waals surface area contributed by atoms with Gasteiger partial charge in [-0.05, 0) is 86.8 Å². The summed E-state index contributed by atoms with van der Waals surface area (Å²) in [6.45, 7) is 14.8. The zero-order chi connectivity index (χ0) is 27.0. The van der Waals surface area contributed by atoms with Crippen LogP contribution in [0.15, 0.2) is 0 Å². The highest BCUT2D eigenvalue weighted by Gasteiger charge is 2.59. The van der Waals surface area contributed by atoms with E-state index in [1.54, 1.807) is 76.5 Å². The zero-order valence-electron chi connectivity index (χ0n) is 26.8. The summed E-state index contributed by atoms with van der Waals surface area (Å²) in [6, 6.07) is 0. The average molecular weight is 553 g/mol. The van der Waals surface area contributed by atoms with Crippen LogP contribution < -0.4 is 0 Å². The fraction of sp³-hybridized carbons (Fsp3) is 1.00. The molecule has 2 heteroatoms. The SMILES string of the molecule is CCCCCC1(CCCCC)CCCP1C(CCC)(CCC)P1CCCC1(CCCCC)CCCCC. The molecular formula is C35H70P2. The first-order chi connectivity index (χ1) is 18.0. The van der Waals surface area contributed by atoms with E-state index in [1.165, 1.54) is 89.9 Å². The van der Waals surface area contributed by atoms with E-state index in [0.29, 0.717) is 0 Å². The van der Waals surface area contributed by atoms with Crippen LogP contribution in [0.25, 0.3) is 0 Å². The molecule has 0 nitrogen and oxygen atoms in total. The van der Waals surface area contributed by atoms with Crippen molar-refractivity contribution in [1.29, 1.82) is 0 Å². The number of rotatable bonds is 22. The normalized spacial score (nSPS) is 23.2. The molecule has 0 N–H and O–H groups in total. The second-order valence-electron chi connectivity index (χ2n) is 13.3. The van der Waals surface area contributed by atoms with Crippen LogP contribution in [-0.4, -0.2) is 27.5 Å². The molecular weight excluding hydrogens is 482 g/mol. The third kappa shape index (κ3) is 8.92. The van der Waals surface area contributed by atoms with E-state index in [2.05, 4.69) is 41.5 Å². The highest BCUT2D eigenvalue weighted by Crippen LogP contribution is 2.85. The maximum absolute atomic E-state index is 2.56. The predicted molar refractivity (Wildman–Crippen MR) is 177 cm³/mol. The molecule has 0 bridgehead atoms. The average Bonchev–Trinajstić information content (AvgIpc) is 3.50. The van der Waals surface area contributed by atoms with Crippen LogP contribution >= 0.6 is 15.8 Å². The van der Waals surface area contributed by atoms with Crippen LogP contribution in [0.3, 0.4) is 0 Å². The van der Waals surface area contributed by atoms with Gasteiger partial charge in [0.1, 0.15) is 0 Å². The topological polar surface area (TPSA) is 0 Å². The van der Waals surface area contributed by atoms with Gasteiger partial charge in [0.15, 0.2) is 0 Å². The molecule has 0 saturated carbocycles. The number of hydrogen-bond acceptors (Lipinski definition) is 0. The maximum Gasteiger partial charge on any atom is 0.0116 e. The Hall–Kier alpha value is 0.860. The summed E-state index contributed by atoms with van der Waals surface area (Å²) in [7, 11) is 0.273. The van der Waals surface area contributed by atoms with Crippen molar-refractivity contribution >= 4 is 15.8 Å². The van der Waals surface area contributed by atoms with Crippen LogP contribution in [-0.2, 0) is 0 Å². The third-order valence-electron chi connectivity index (χ3n) is 10.5. The van der Waals surface area contributed by atoms with Gasteiger partial charge in [0.25, 0.3) is 0 Å². The first kappa shape index (κ1) is 34.1. The molecule has 2 atom stereocenters. The molecule has 2 aliphatic heterocycles. The van der Waals surface area contributed by atoms with Crippen LogP contribution in [0.5, 0.6) is 0 Å². The van der Waals surface area contributed by atoms with E-state index in [4.69, 9.17) is 0 Å². The Labute approximate surface area is 238 Å². The van der Waals surface area contributed by atoms with Gasteiger partial charge in [0.2, 0.25) is 0 Å². The van der Waals surface area contributed by atoms with Gasteiger partial charge < -0.3 is 0 Å². The van der Waals surface area contributed by atoms with Crippen molar-refractivity contribution in [2.75, 3.05) is 12.3 Å². The smallest absolute Gasteiger partial charge is 0.0116 e. The van der Waals surface area contributed by atoms with Gasteiger partial charge in [0.05, 0.1) is 0 Å². The summed E-state index contributed by atoms with van der Waals surface area (Å²) in [6.07, 6.45) is 39.6. The second kappa shape index (κ2) is 18.3. The molecule has 0 radical (unpaired) electrons. The Balaban J connectivity index is 2.53. The van der Waals surface area contributed by atoms with Crippen molar-refractivity contribution in [2.24, 2.45) is 0 Å². The Bertz CT molecular complexity index is 500. The minimum Gasteiger partial charge on any atom is -0.0895 e. The molecule has 2 saturated heterocycles. The maximum atomic E-state index is 2.56. The lowest BCUT2D eigenvalue weighted by Crippen LogP contribution is -2.40. The van der Waals surface area contributed by atoms with Gasteiger partial charge in [-0.3, -0.25) is 0 Å². The zero-order valence-corrected chi connectivity index (χ0v) is 28.6. The molecule has 0 spiro atoms. The van der Waals surface area contributed by atoms with Gasteiger partial charge in [-0.15, -0.1) is 0 Å². The summed E-state index contributed by atoms with van der Waals surface area (Å²) < 4.78 is 0. The van der Waals surface area contributed by atoms with Gasteiger partial charge >= 0.3 is 0 Å². The summed E-state index contributed by atoms with van der Waals surface area (Å²) in [5, 5.41) is 1.49. The van der Waals surface area contributed by atoms with E-state index < -0.39 is 0 Å². The molecule has 0 amide bonds. The van der Waals surface area contributed by atoms with E-state index in [-0.39, 0.29) is 15.8 Å². The van der Waals surface area contributed by atoms with Crippen molar-refractivity contribution in [3.05, 3.63) is 0 Å². The Morgan fingerprint density at radius 2 is 0.784 bits per heavy atom. The summed E-state index contributed by atoms with van der Waals surface area (Å²) in [5.74, 6) is 0. The fourth-order valence-electron chi connectivity index (χ4n) is 8.89. The van der Waals surface area contributed by atoms with Crippen LogP contribution in [0, 0.1) is 0 Å². The Morgan fingerprint density at radius 3 is 1.05 bits per heavy atom. The minimum atomic E-state index is 0.137. The molecule has 2 fully saturated rings. The summed E-state index contributed by atoms with van der Waals surface area (Å²) >= 11 is 0. The fourth-order valence-corrected chi connectivity index (χ4v) is 21.0. The molecule has 0 aromatic carbocycles. The summed E-state index contributed by atoms with van der Waals surface area (Å²) in [5.41, 5.74) is 0. The molecule has 2 unspecified atom stereocenters. The van der Waals surface area contributed by atoms with Gasteiger partial charge in [-0.1, -0.05) is 147 Å². The van der Waals surface area contributed by atoms with Crippen LogP contribution in [0.2, 0.25) is 0 Å². The molecule has 0 aromatic rings. The lowest BCUT2D eigenvalue weighted by atomic mass is 9.90. The predicted octanol–water partition coefficient (Wildman–Crippen LogP) is 13.6. The van der Waals surface area contributed by atoms with Gasteiger partial charge in [-0.25, -0.2) is 0 Å². The molecule has 2 rings (SSSR count).